The standard InChI is InChI=1S/C28H33N3O7S2/c1-20-16-21(2)18-24(17-20)30-39(33,34)27-19-23(5-4-22(27)3)28(32)29-10-13-38-25-6-8-26(9-7-25)40(35,36)31-11-14-37-15-12-31/h4-9,16-19,30H,10-15H2,1-3H3,(H,29,32). The van der Waals surface area contributed by atoms with Crippen LogP contribution in [0, 0.1) is 20.8 Å². The van der Waals surface area contributed by atoms with E-state index in [1.54, 1.807) is 43.3 Å². The number of morpholine rings is 1. The topological polar surface area (TPSA) is 131 Å². The highest BCUT2D eigenvalue weighted by Gasteiger charge is 2.26. The SMILES string of the molecule is Cc1cc(C)cc(NS(=O)(=O)c2cc(C(=O)NCCOc3ccc(S(=O)(=O)N4CCOCC4)cc3)ccc2C)c1. The lowest BCUT2D eigenvalue weighted by Gasteiger charge is -2.26. The van der Waals surface area contributed by atoms with Gasteiger partial charge in [-0.15, -0.1) is 0 Å². The molecule has 0 aliphatic carbocycles. The minimum Gasteiger partial charge on any atom is -0.492 e. The zero-order chi connectivity index (χ0) is 28.9. The molecule has 2 N–H and O–H groups in total. The minimum atomic E-state index is -3.92. The summed E-state index contributed by atoms with van der Waals surface area (Å²) in [5.41, 5.74) is 3.02. The van der Waals surface area contributed by atoms with Gasteiger partial charge in [0, 0.05) is 24.3 Å². The second kappa shape index (κ2) is 12.4. The molecule has 0 radical (unpaired) electrons. The van der Waals surface area contributed by atoms with Crippen LogP contribution in [0.5, 0.6) is 5.75 Å². The third-order valence-electron chi connectivity index (χ3n) is 6.30. The van der Waals surface area contributed by atoms with Crippen LogP contribution in [0.4, 0.5) is 5.69 Å². The van der Waals surface area contributed by atoms with E-state index in [4.69, 9.17) is 9.47 Å². The number of rotatable bonds is 10. The maximum Gasteiger partial charge on any atom is 0.262 e. The van der Waals surface area contributed by atoms with Crippen LogP contribution in [0.25, 0.3) is 0 Å². The quantitative estimate of drug-likeness (QED) is 0.348. The third kappa shape index (κ3) is 7.19. The molecule has 1 saturated heterocycles. The van der Waals surface area contributed by atoms with Crippen molar-refractivity contribution in [2.45, 2.75) is 30.6 Å². The molecule has 0 unspecified atom stereocenters. The van der Waals surface area contributed by atoms with Crippen molar-refractivity contribution >= 4 is 31.6 Å². The monoisotopic (exact) mass is 587 g/mol. The second-order valence-electron chi connectivity index (χ2n) is 9.55. The first kappa shape index (κ1) is 29.5. The third-order valence-corrected chi connectivity index (χ3v) is 9.74. The predicted octanol–water partition coefficient (Wildman–Crippen LogP) is 3.24. The molecule has 1 heterocycles. The molecule has 1 aliphatic rings. The average molecular weight is 588 g/mol. The number of nitrogens with one attached hydrogen (secondary N) is 2. The van der Waals surface area contributed by atoms with Gasteiger partial charge in [0.2, 0.25) is 10.0 Å². The molecule has 1 amide bonds. The van der Waals surface area contributed by atoms with Gasteiger partial charge in [-0.1, -0.05) is 12.1 Å². The fourth-order valence-electron chi connectivity index (χ4n) is 4.35. The van der Waals surface area contributed by atoms with E-state index in [1.165, 1.54) is 22.5 Å². The van der Waals surface area contributed by atoms with Crippen LogP contribution in [-0.4, -0.2) is 66.5 Å². The van der Waals surface area contributed by atoms with Gasteiger partial charge in [0.05, 0.1) is 29.5 Å². The smallest absolute Gasteiger partial charge is 0.262 e. The molecule has 40 heavy (non-hydrogen) atoms. The van der Waals surface area contributed by atoms with Crippen LogP contribution >= 0.6 is 0 Å². The van der Waals surface area contributed by atoms with Gasteiger partial charge in [0.1, 0.15) is 12.4 Å². The fraction of sp³-hybridized carbons (Fsp3) is 0.321. The molecule has 214 valence electrons. The highest BCUT2D eigenvalue weighted by molar-refractivity contribution is 7.92. The van der Waals surface area contributed by atoms with E-state index < -0.39 is 26.0 Å². The van der Waals surface area contributed by atoms with E-state index in [2.05, 4.69) is 10.0 Å². The summed E-state index contributed by atoms with van der Waals surface area (Å²) < 4.78 is 66.5. The van der Waals surface area contributed by atoms with Crippen LogP contribution in [0.1, 0.15) is 27.0 Å². The van der Waals surface area contributed by atoms with E-state index in [0.717, 1.165) is 11.1 Å². The molecule has 3 aromatic carbocycles. The van der Waals surface area contributed by atoms with Crippen LogP contribution in [0.2, 0.25) is 0 Å². The Hall–Kier alpha value is -3.45. The Morgan fingerprint density at radius 3 is 2.20 bits per heavy atom. The first-order valence-corrected chi connectivity index (χ1v) is 15.7. The summed E-state index contributed by atoms with van der Waals surface area (Å²) in [5, 5.41) is 2.72. The van der Waals surface area contributed by atoms with E-state index in [-0.39, 0.29) is 28.5 Å². The number of amides is 1. The highest BCUT2D eigenvalue weighted by Crippen LogP contribution is 2.23. The van der Waals surface area contributed by atoms with Gasteiger partial charge < -0.3 is 14.8 Å². The molecule has 3 aromatic rings. The lowest BCUT2D eigenvalue weighted by Crippen LogP contribution is -2.40. The summed E-state index contributed by atoms with van der Waals surface area (Å²) in [5.74, 6) is 0.00903. The van der Waals surface area contributed by atoms with E-state index in [0.29, 0.717) is 43.3 Å². The van der Waals surface area contributed by atoms with Crippen LogP contribution in [0.3, 0.4) is 0 Å². The molecule has 12 heteroatoms. The van der Waals surface area contributed by atoms with Crippen LogP contribution < -0.4 is 14.8 Å². The minimum absolute atomic E-state index is 0.0164. The molecule has 1 aliphatic heterocycles. The van der Waals surface area contributed by atoms with Crippen molar-refractivity contribution in [1.82, 2.24) is 9.62 Å². The van der Waals surface area contributed by atoms with E-state index >= 15 is 0 Å². The maximum atomic E-state index is 13.1. The number of anilines is 1. The maximum absolute atomic E-state index is 13.1. The lowest BCUT2D eigenvalue weighted by atomic mass is 10.1. The van der Waals surface area contributed by atoms with Gasteiger partial charge in [-0.2, -0.15) is 4.31 Å². The number of benzene rings is 3. The normalized spacial score (nSPS) is 14.5. The Labute approximate surface area is 235 Å². The molecule has 0 saturated carbocycles. The van der Waals surface area contributed by atoms with Gasteiger partial charge in [-0.25, -0.2) is 16.8 Å². The lowest BCUT2D eigenvalue weighted by molar-refractivity contribution is 0.0730. The number of aryl methyl sites for hydroxylation is 3. The van der Waals surface area contributed by atoms with Crippen molar-refractivity contribution in [3.8, 4) is 5.75 Å². The highest BCUT2D eigenvalue weighted by atomic mass is 32.2. The van der Waals surface area contributed by atoms with Gasteiger partial charge in [0.25, 0.3) is 15.9 Å². The van der Waals surface area contributed by atoms with Crippen molar-refractivity contribution in [2.24, 2.45) is 0 Å². The van der Waals surface area contributed by atoms with Crippen LogP contribution in [-0.2, 0) is 24.8 Å². The first-order chi connectivity index (χ1) is 19.0. The Balaban J connectivity index is 1.33. The van der Waals surface area contributed by atoms with E-state index in [9.17, 15) is 21.6 Å². The number of carbonyl (C=O) groups excluding carboxylic acids is 1. The fourth-order valence-corrected chi connectivity index (χ4v) is 7.07. The number of nitrogens with zero attached hydrogens (tertiary/aromatic N) is 1. The Morgan fingerprint density at radius 1 is 0.900 bits per heavy atom. The number of carbonyl (C=O) groups is 1. The Kier molecular flexibility index (Phi) is 9.14. The van der Waals surface area contributed by atoms with Gasteiger partial charge in [-0.05, 0) is 86.0 Å². The van der Waals surface area contributed by atoms with Crippen molar-refractivity contribution < 1.29 is 31.1 Å². The van der Waals surface area contributed by atoms with Crippen LogP contribution in [0.15, 0.2) is 70.5 Å². The summed E-state index contributed by atoms with van der Waals surface area (Å²) in [6.07, 6.45) is 0. The summed E-state index contributed by atoms with van der Waals surface area (Å²) >= 11 is 0. The summed E-state index contributed by atoms with van der Waals surface area (Å²) in [7, 11) is -7.51. The molecule has 0 aromatic heterocycles. The molecular formula is C28H33N3O7S2. The van der Waals surface area contributed by atoms with Gasteiger partial charge in [0.15, 0.2) is 0 Å². The zero-order valence-corrected chi connectivity index (χ0v) is 24.3. The largest absolute Gasteiger partial charge is 0.492 e. The molecule has 10 nitrogen and oxygen atoms in total. The predicted molar refractivity (Wildman–Crippen MR) is 152 cm³/mol. The number of sulfonamides is 2. The van der Waals surface area contributed by atoms with E-state index in [1.807, 2.05) is 19.9 Å². The summed E-state index contributed by atoms with van der Waals surface area (Å²) in [6, 6.07) is 16.0. The van der Waals surface area contributed by atoms with Gasteiger partial charge in [-0.3, -0.25) is 9.52 Å². The number of ether oxygens (including phenoxy) is 2. The molecule has 0 spiro atoms. The Morgan fingerprint density at radius 2 is 1.55 bits per heavy atom. The summed E-state index contributed by atoms with van der Waals surface area (Å²) in [6.45, 7) is 7.11. The first-order valence-electron chi connectivity index (χ1n) is 12.8. The molecule has 4 rings (SSSR count). The van der Waals surface area contributed by atoms with Crippen molar-refractivity contribution in [2.75, 3.05) is 44.2 Å². The average Bonchev–Trinajstić information content (AvgIpc) is 2.91. The molecule has 1 fully saturated rings. The number of hydrogen-bond acceptors (Lipinski definition) is 7. The van der Waals surface area contributed by atoms with Crippen molar-refractivity contribution in [1.29, 1.82) is 0 Å². The number of hydrogen-bond donors (Lipinski definition) is 2. The Bertz CT molecular complexity index is 1560. The molecular weight excluding hydrogens is 554 g/mol. The molecule has 0 bridgehead atoms. The summed E-state index contributed by atoms with van der Waals surface area (Å²) in [4.78, 5) is 12.9. The zero-order valence-electron chi connectivity index (χ0n) is 22.6. The van der Waals surface area contributed by atoms with Crippen molar-refractivity contribution in [3.05, 3.63) is 82.9 Å². The second-order valence-corrected chi connectivity index (χ2v) is 13.1. The molecule has 0 atom stereocenters. The van der Waals surface area contributed by atoms with Crippen molar-refractivity contribution in [3.63, 3.8) is 0 Å². The van der Waals surface area contributed by atoms with Gasteiger partial charge >= 0.3 is 0 Å².